The number of rotatable bonds is 16. The van der Waals surface area contributed by atoms with Gasteiger partial charge in [-0.15, -0.1) is 0 Å². The van der Waals surface area contributed by atoms with Gasteiger partial charge < -0.3 is 20.2 Å². The van der Waals surface area contributed by atoms with Crippen LogP contribution in [-0.4, -0.2) is 114 Å². The Bertz CT molecular complexity index is 1990. The number of nitrogens with one attached hydrogen (secondary N) is 1. The van der Waals surface area contributed by atoms with E-state index in [4.69, 9.17) is 4.99 Å². The Balaban J connectivity index is 1.06. The van der Waals surface area contributed by atoms with Crippen molar-refractivity contribution in [2.45, 2.75) is 32.2 Å². The van der Waals surface area contributed by atoms with Gasteiger partial charge in [0, 0.05) is 92.9 Å². The van der Waals surface area contributed by atoms with Crippen molar-refractivity contribution in [3.8, 4) is 5.88 Å². The largest absolute Gasteiger partial charge is 0.494 e. The van der Waals surface area contributed by atoms with Gasteiger partial charge in [0.05, 0.1) is 0 Å². The summed E-state index contributed by atoms with van der Waals surface area (Å²) in [5.41, 5.74) is 4.59. The first-order valence-electron chi connectivity index (χ1n) is 17.3. The summed E-state index contributed by atoms with van der Waals surface area (Å²) < 4.78 is 1.48. The van der Waals surface area contributed by atoms with Crippen LogP contribution >= 0.6 is 21.6 Å². The number of carbonyl (C=O) groups excluding carboxylic acids is 2. The minimum absolute atomic E-state index is 0.0384. The van der Waals surface area contributed by atoms with Gasteiger partial charge in [0.2, 0.25) is 0 Å². The van der Waals surface area contributed by atoms with Crippen molar-refractivity contribution in [1.29, 1.82) is 0 Å². The molecule has 0 saturated carbocycles. The Morgan fingerprint density at radius 1 is 0.780 bits per heavy atom. The van der Waals surface area contributed by atoms with Crippen LogP contribution in [0.2, 0.25) is 0 Å². The van der Waals surface area contributed by atoms with Gasteiger partial charge in [0.15, 0.2) is 5.88 Å². The monoisotopic (exact) mass is 714 g/mol. The highest BCUT2D eigenvalue weighted by Crippen LogP contribution is 2.36. The number of aromatic nitrogens is 1. The number of imide groups is 1. The number of carbonyl (C=O) groups is 2. The molecule has 0 fully saturated rings. The van der Waals surface area contributed by atoms with Crippen LogP contribution in [0.1, 0.15) is 51.1 Å². The molecule has 0 atom stereocenters. The van der Waals surface area contributed by atoms with Crippen LogP contribution in [0, 0.1) is 0 Å². The van der Waals surface area contributed by atoms with Crippen molar-refractivity contribution in [3.05, 3.63) is 81.1 Å². The number of hydrogen-bond acceptors (Lipinski definition) is 10. The molecule has 3 aromatic carbocycles. The number of aromatic hydroxyl groups is 1. The summed E-state index contributed by atoms with van der Waals surface area (Å²) in [7, 11) is 11.3. The fourth-order valence-corrected chi connectivity index (χ4v) is 8.80. The average molecular weight is 715 g/mol. The zero-order valence-electron chi connectivity index (χ0n) is 29.3. The third kappa shape index (κ3) is 7.44. The van der Waals surface area contributed by atoms with E-state index in [1.165, 1.54) is 9.47 Å². The molecule has 0 radical (unpaired) electrons. The number of benzene rings is 3. The Hall–Kier alpha value is -3.84. The number of aliphatic imine (C=N–C) groups is 1. The number of nitrogens with zero attached hydrogens (tertiary/aromatic N) is 5. The third-order valence-corrected chi connectivity index (χ3v) is 11.7. The Labute approximate surface area is 301 Å². The normalized spacial score (nSPS) is 15.0. The Morgan fingerprint density at radius 2 is 1.44 bits per heavy atom. The molecule has 264 valence electrons. The number of aryl methyl sites for hydroxylation is 1. The molecule has 10 nitrogen and oxygen atoms in total. The Kier molecular flexibility index (Phi) is 11.5. The fourth-order valence-electron chi connectivity index (χ4n) is 6.90. The van der Waals surface area contributed by atoms with Crippen LogP contribution < -0.4 is 10.9 Å². The molecular weight excluding hydrogens is 669 g/mol. The van der Waals surface area contributed by atoms with Gasteiger partial charge in [-0.05, 0) is 91.2 Å². The highest BCUT2D eigenvalue weighted by Gasteiger charge is 2.33. The maximum atomic E-state index is 13.6. The van der Waals surface area contributed by atoms with Crippen LogP contribution in [0.15, 0.2) is 58.3 Å². The second-order valence-corrected chi connectivity index (χ2v) is 16.1. The van der Waals surface area contributed by atoms with E-state index in [1.54, 1.807) is 27.7 Å². The molecule has 50 heavy (non-hydrogen) atoms. The van der Waals surface area contributed by atoms with E-state index in [1.807, 2.05) is 56.6 Å². The molecule has 2 aliphatic rings. The van der Waals surface area contributed by atoms with Crippen molar-refractivity contribution in [3.63, 3.8) is 0 Å². The first-order valence-corrected chi connectivity index (χ1v) is 19.8. The number of pyridine rings is 1. The lowest BCUT2D eigenvalue weighted by atomic mass is 9.88. The topological polar surface area (TPSA) is 110 Å². The molecule has 2 heterocycles. The summed E-state index contributed by atoms with van der Waals surface area (Å²) in [5, 5.41) is 17.8. The average Bonchev–Trinajstić information content (AvgIpc) is 3.10. The third-order valence-electron chi connectivity index (χ3n) is 9.33. The van der Waals surface area contributed by atoms with Crippen LogP contribution in [0.3, 0.4) is 0 Å². The maximum Gasteiger partial charge on any atom is 0.261 e. The molecule has 0 bridgehead atoms. The second kappa shape index (κ2) is 16.0. The molecule has 0 saturated heterocycles. The summed E-state index contributed by atoms with van der Waals surface area (Å²) in [6.45, 7) is 4.10. The van der Waals surface area contributed by atoms with Crippen molar-refractivity contribution < 1.29 is 14.7 Å². The summed E-state index contributed by atoms with van der Waals surface area (Å²) in [4.78, 5) is 51.1. The van der Waals surface area contributed by atoms with E-state index in [9.17, 15) is 19.5 Å². The van der Waals surface area contributed by atoms with Crippen molar-refractivity contribution >= 4 is 66.3 Å². The molecule has 2 amide bonds. The van der Waals surface area contributed by atoms with Crippen molar-refractivity contribution in [2.24, 2.45) is 4.99 Å². The smallest absolute Gasteiger partial charge is 0.261 e. The predicted octanol–water partition coefficient (Wildman–Crippen LogP) is 5.59. The lowest BCUT2D eigenvalue weighted by molar-refractivity contribution is 0.0621. The van der Waals surface area contributed by atoms with E-state index in [0.29, 0.717) is 46.4 Å². The molecule has 1 aliphatic carbocycles. The molecular formula is C38H46N6O4S2. The van der Waals surface area contributed by atoms with Crippen molar-refractivity contribution in [2.75, 3.05) is 77.7 Å². The fraction of sp³-hybridized carbons (Fsp3) is 0.421. The zero-order valence-corrected chi connectivity index (χ0v) is 31.0. The summed E-state index contributed by atoms with van der Waals surface area (Å²) >= 11 is 0. The van der Waals surface area contributed by atoms with Crippen LogP contribution in [0.5, 0.6) is 5.88 Å². The second-order valence-electron chi connectivity index (χ2n) is 13.4. The van der Waals surface area contributed by atoms with Crippen LogP contribution in [0.25, 0.3) is 21.5 Å². The molecule has 2 N–H and O–H groups in total. The molecule has 12 heteroatoms. The van der Waals surface area contributed by atoms with Gasteiger partial charge in [-0.2, -0.15) is 0 Å². The van der Waals surface area contributed by atoms with Gasteiger partial charge in [-0.1, -0.05) is 45.9 Å². The predicted molar refractivity (Wildman–Crippen MR) is 209 cm³/mol. The molecule has 4 aromatic rings. The lowest BCUT2D eigenvalue weighted by Crippen LogP contribution is -2.41. The minimum Gasteiger partial charge on any atom is -0.494 e. The van der Waals surface area contributed by atoms with Crippen LogP contribution in [-0.2, 0) is 13.0 Å². The molecule has 1 aliphatic heterocycles. The Morgan fingerprint density at radius 3 is 2.18 bits per heavy atom. The van der Waals surface area contributed by atoms with Crippen molar-refractivity contribution in [1.82, 2.24) is 19.3 Å². The maximum absolute atomic E-state index is 13.6. The molecule has 0 unspecified atom stereocenters. The summed E-state index contributed by atoms with van der Waals surface area (Å²) in [6.07, 6.45) is 3.31. The zero-order chi connectivity index (χ0) is 35.4. The first-order chi connectivity index (χ1) is 24.2. The van der Waals surface area contributed by atoms with Gasteiger partial charge in [0.25, 0.3) is 17.4 Å². The van der Waals surface area contributed by atoms with E-state index in [-0.39, 0.29) is 29.8 Å². The minimum atomic E-state index is -0.272. The van der Waals surface area contributed by atoms with E-state index >= 15 is 0 Å². The summed E-state index contributed by atoms with van der Waals surface area (Å²) in [5.74, 6) is 0.618. The molecule has 0 spiro atoms. The van der Waals surface area contributed by atoms with Gasteiger partial charge in [-0.25, -0.2) is 0 Å². The highest BCUT2D eigenvalue weighted by molar-refractivity contribution is 8.76. The SMILES string of the molecule is CN(C)CCCN=C1CCc2c(O)n(CCSSCCN3C(=O)c4cccc5c(NCCCN(C)C)ccc(c45)C3=O)c(=O)c3cccc1c23. The number of hydrogen-bond donors (Lipinski definition) is 2. The van der Waals surface area contributed by atoms with Gasteiger partial charge in [-0.3, -0.25) is 28.8 Å². The molecule has 6 rings (SSSR count). The number of amides is 2. The first kappa shape index (κ1) is 36.0. The van der Waals surface area contributed by atoms with Gasteiger partial charge >= 0.3 is 0 Å². The van der Waals surface area contributed by atoms with E-state index in [0.717, 1.165) is 78.7 Å². The quantitative estimate of drug-likeness (QED) is 0.0873. The number of anilines is 1. The lowest BCUT2D eigenvalue weighted by Gasteiger charge is -2.27. The standard InChI is InChI=1S/C38H46N6O4S2/c1-41(2)19-7-17-39-31-15-13-29-33-25(31)9-5-11-27(33)35(45)43(37(29)47)21-23-49-50-24-22-44-36(46)28-12-6-10-26-32(40-18-8-20-42(3)4)16-14-30(34(26)28)38(44)48/h5-6,9-13,15,39,48H,7-8,14,16-24H2,1-4H3. The van der Waals surface area contributed by atoms with Gasteiger partial charge in [0.1, 0.15) is 0 Å². The summed E-state index contributed by atoms with van der Waals surface area (Å²) in [6, 6.07) is 15.2. The van der Waals surface area contributed by atoms with E-state index < -0.39 is 0 Å². The highest BCUT2D eigenvalue weighted by atomic mass is 33.1. The van der Waals surface area contributed by atoms with Crippen LogP contribution in [0.4, 0.5) is 5.69 Å². The molecule has 1 aromatic heterocycles. The van der Waals surface area contributed by atoms with E-state index in [2.05, 4.69) is 29.2 Å².